The minimum Gasteiger partial charge on any atom is -0.404 e. The lowest BCUT2D eigenvalue weighted by Crippen LogP contribution is -2.21. The van der Waals surface area contributed by atoms with Crippen molar-refractivity contribution in [1.82, 2.24) is 14.1 Å². The summed E-state index contributed by atoms with van der Waals surface area (Å²) in [5, 5.41) is 0.441. The lowest BCUT2D eigenvalue weighted by molar-refractivity contribution is -0.118. The lowest BCUT2D eigenvalue weighted by atomic mass is 9.95. The molecule has 1 aromatic carbocycles. The molecule has 0 spiro atoms. The first-order chi connectivity index (χ1) is 17.6. The van der Waals surface area contributed by atoms with Gasteiger partial charge >= 0.3 is 6.30 Å². The molecule has 0 saturated heterocycles. The first kappa shape index (κ1) is 26.1. The molecule has 11 heteroatoms. The molecule has 0 amide bonds. The second kappa shape index (κ2) is 10.6. The van der Waals surface area contributed by atoms with Crippen molar-refractivity contribution < 1.29 is 13.2 Å². The van der Waals surface area contributed by atoms with Gasteiger partial charge in [0.2, 0.25) is 0 Å². The SMILES string of the molecule is CSCCn1cc(-c2ccccc2)c(-c2cn(C)c(=O)c3[nH]c(C(=C/N)/C=N/C(F)(F)F)cc23)cc1=O. The Kier molecular flexibility index (Phi) is 7.44. The number of rotatable bonds is 7. The summed E-state index contributed by atoms with van der Waals surface area (Å²) in [6, 6.07) is 12.6. The summed E-state index contributed by atoms with van der Waals surface area (Å²) >= 11 is 1.63. The molecular weight excluding hydrogens is 503 g/mol. The number of benzene rings is 1. The Morgan fingerprint density at radius 3 is 2.49 bits per heavy atom. The van der Waals surface area contributed by atoms with Crippen LogP contribution in [0.25, 0.3) is 38.7 Å². The standard InChI is InChI=1S/C26H24F3N5O2S/c1-33-14-21(19-10-22(32-24(19)25(33)36)17(12-30)13-31-26(27,28)29)18-11-23(35)34(8-9-37-2)15-20(18)16-6-4-3-5-7-16/h3-7,10-15,32H,8-9,30H2,1-2H3/b17-12+,31-13+. The molecule has 0 aliphatic carbocycles. The van der Waals surface area contributed by atoms with E-state index in [2.05, 4.69) is 9.98 Å². The van der Waals surface area contributed by atoms with Crippen molar-refractivity contribution in [2.24, 2.45) is 17.8 Å². The Bertz CT molecular complexity index is 1620. The van der Waals surface area contributed by atoms with E-state index in [0.29, 0.717) is 29.3 Å². The molecule has 0 aliphatic rings. The van der Waals surface area contributed by atoms with Crippen LogP contribution in [0.3, 0.4) is 0 Å². The molecule has 0 unspecified atom stereocenters. The van der Waals surface area contributed by atoms with Crippen molar-refractivity contribution in [3.63, 3.8) is 0 Å². The van der Waals surface area contributed by atoms with E-state index < -0.39 is 6.30 Å². The highest BCUT2D eigenvalue weighted by Gasteiger charge is 2.25. The predicted octanol–water partition coefficient (Wildman–Crippen LogP) is 4.62. The number of hydrogen-bond acceptors (Lipinski definition) is 5. The van der Waals surface area contributed by atoms with Crippen LogP contribution in [0, 0.1) is 0 Å². The number of nitrogens with one attached hydrogen (secondary N) is 1. The third-order valence-corrected chi connectivity index (χ3v) is 6.43. The molecule has 3 N–H and O–H groups in total. The molecule has 0 atom stereocenters. The molecule has 37 heavy (non-hydrogen) atoms. The molecule has 0 bridgehead atoms. The van der Waals surface area contributed by atoms with Crippen LogP contribution in [0.5, 0.6) is 0 Å². The maximum atomic E-state index is 13.1. The van der Waals surface area contributed by atoms with Gasteiger partial charge in [0.25, 0.3) is 11.1 Å². The van der Waals surface area contributed by atoms with Gasteiger partial charge in [-0.05, 0) is 23.4 Å². The quantitative estimate of drug-likeness (QED) is 0.271. The number of H-pyrrole nitrogens is 1. The van der Waals surface area contributed by atoms with Gasteiger partial charge in [-0.2, -0.15) is 16.8 Å². The molecule has 4 aromatic rings. The molecular formula is C26H24F3N5O2S. The number of aliphatic imine (C=N–C) groups is 1. The number of aromatic amines is 1. The Labute approximate surface area is 214 Å². The molecule has 192 valence electrons. The van der Waals surface area contributed by atoms with Crippen LogP contribution in [0.1, 0.15) is 5.69 Å². The molecule has 0 fully saturated rings. The minimum atomic E-state index is -4.77. The van der Waals surface area contributed by atoms with Crippen molar-refractivity contribution in [1.29, 1.82) is 0 Å². The number of nitrogens with two attached hydrogens (primary N) is 1. The van der Waals surface area contributed by atoms with Crippen LogP contribution >= 0.6 is 11.8 Å². The predicted molar refractivity (Wildman–Crippen MR) is 144 cm³/mol. The van der Waals surface area contributed by atoms with Crippen molar-refractivity contribution in [2.75, 3.05) is 12.0 Å². The monoisotopic (exact) mass is 527 g/mol. The fraction of sp³-hybridized carbons (Fsp3) is 0.192. The van der Waals surface area contributed by atoms with E-state index in [1.54, 1.807) is 41.8 Å². The summed E-state index contributed by atoms with van der Waals surface area (Å²) in [5.41, 5.74) is 8.09. The van der Waals surface area contributed by atoms with Crippen LogP contribution in [0.2, 0.25) is 0 Å². The first-order valence-corrected chi connectivity index (χ1v) is 12.6. The molecule has 3 aromatic heterocycles. The van der Waals surface area contributed by atoms with Crippen molar-refractivity contribution in [3.8, 4) is 22.3 Å². The summed E-state index contributed by atoms with van der Waals surface area (Å²) in [7, 11) is 1.57. The van der Waals surface area contributed by atoms with Crippen LogP contribution in [0.4, 0.5) is 13.2 Å². The van der Waals surface area contributed by atoms with Crippen molar-refractivity contribution >= 4 is 34.5 Å². The van der Waals surface area contributed by atoms with Gasteiger partial charge in [0.15, 0.2) is 0 Å². The van der Waals surface area contributed by atoms with Gasteiger partial charge in [-0.15, -0.1) is 13.2 Å². The van der Waals surface area contributed by atoms with Gasteiger partial charge in [-0.25, -0.2) is 0 Å². The number of thioether (sulfide) groups is 1. The Balaban J connectivity index is 1.99. The Hall–Kier alpha value is -3.99. The maximum Gasteiger partial charge on any atom is 0.503 e. The third kappa shape index (κ3) is 5.56. The second-order valence-electron chi connectivity index (χ2n) is 8.27. The summed E-state index contributed by atoms with van der Waals surface area (Å²) in [6.45, 7) is 0.528. The normalized spacial score (nSPS) is 12.6. The second-order valence-corrected chi connectivity index (χ2v) is 9.26. The number of hydrogen-bond donors (Lipinski definition) is 2. The number of alkyl halides is 3. The van der Waals surface area contributed by atoms with E-state index in [1.807, 2.05) is 36.6 Å². The van der Waals surface area contributed by atoms with Crippen LogP contribution in [-0.4, -0.2) is 38.6 Å². The highest BCUT2D eigenvalue weighted by Crippen LogP contribution is 2.35. The summed E-state index contributed by atoms with van der Waals surface area (Å²) in [6.07, 6.45) is 2.18. The molecule has 3 heterocycles. The van der Waals surface area contributed by atoms with Gasteiger partial charge < -0.3 is 19.9 Å². The zero-order chi connectivity index (χ0) is 26.7. The minimum absolute atomic E-state index is 0.0442. The number of pyridine rings is 2. The fourth-order valence-corrected chi connectivity index (χ4v) is 4.44. The van der Waals surface area contributed by atoms with Gasteiger partial charge in [-0.3, -0.25) is 9.59 Å². The van der Waals surface area contributed by atoms with Crippen molar-refractivity contribution in [3.05, 3.63) is 87.5 Å². The van der Waals surface area contributed by atoms with Crippen molar-refractivity contribution in [2.45, 2.75) is 12.8 Å². The summed E-state index contributed by atoms with van der Waals surface area (Å²) < 4.78 is 41.0. The van der Waals surface area contributed by atoms with Crippen LogP contribution in [-0.2, 0) is 13.6 Å². The molecule has 0 saturated carbocycles. The summed E-state index contributed by atoms with van der Waals surface area (Å²) in [4.78, 5) is 31.5. The smallest absolute Gasteiger partial charge is 0.404 e. The van der Waals surface area contributed by atoms with Gasteiger partial charge in [-0.1, -0.05) is 30.3 Å². The van der Waals surface area contributed by atoms with Gasteiger partial charge in [0.05, 0.1) is 0 Å². The Morgan fingerprint density at radius 2 is 1.84 bits per heavy atom. The maximum absolute atomic E-state index is 13.1. The van der Waals surface area contributed by atoms with Crippen LogP contribution < -0.4 is 16.9 Å². The number of aromatic nitrogens is 3. The average Bonchev–Trinajstić information content (AvgIpc) is 3.31. The number of allylic oxidation sites excluding steroid dienone is 1. The zero-order valence-corrected chi connectivity index (χ0v) is 20.9. The largest absolute Gasteiger partial charge is 0.503 e. The van der Waals surface area contributed by atoms with E-state index in [4.69, 9.17) is 5.73 Å². The van der Waals surface area contributed by atoms with E-state index in [9.17, 15) is 22.8 Å². The van der Waals surface area contributed by atoms with E-state index >= 15 is 0 Å². The lowest BCUT2D eigenvalue weighted by Gasteiger charge is -2.15. The highest BCUT2D eigenvalue weighted by molar-refractivity contribution is 7.98. The Morgan fingerprint density at radius 1 is 1.11 bits per heavy atom. The molecule has 7 nitrogen and oxygen atoms in total. The van der Waals surface area contributed by atoms with Gasteiger partial charge in [0.1, 0.15) is 5.52 Å². The topological polar surface area (TPSA) is 98.2 Å². The molecule has 0 aliphatic heterocycles. The fourth-order valence-electron chi connectivity index (χ4n) is 4.06. The third-order valence-electron chi connectivity index (χ3n) is 5.84. The van der Waals surface area contributed by atoms with Crippen LogP contribution in [0.15, 0.2) is 75.6 Å². The highest BCUT2D eigenvalue weighted by atomic mass is 32.2. The number of halogens is 3. The molecule has 4 rings (SSSR count). The zero-order valence-electron chi connectivity index (χ0n) is 20.0. The molecule has 0 radical (unpaired) electrons. The summed E-state index contributed by atoms with van der Waals surface area (Å²) in [5.74, 6) is 0.756. The average molecular weight is 528 g/mol. The van der Waals surface area contributed by atoms with E-state index in [0.717, 1.165) is 23.1 Å². The first-order valence-electron chi connectivity index (χ1n) is 11.2. The van der Waals surface area contributed by atoms with E-state index in [1.165, 1.54) is 10.6 Å². The van der Waals surface area contributed by atoms with E-state index in [-0.39, 0.29) is 27.9 Å². The number of aryl methyl sites for hydroxylation is 2. The number of fused-ring (bicyclic) bond motifs is 1. The number of nitrogens with zero attached hydrogens (tertiary/aromatic N) is 3. The van der Waals surface area contributed by atoms with Gasteiger partial charge in [0, 0.05) is 78.0 Å².